The third-order valence-electron chi connectivity index (χ3n) is 2.80. The van der Waals surface area contributed by atoms with Crippen LogP contribution in [-0.4, -0.2) is 15.2 Å². The maximum Gasteiger partial charge on any atom is 0.261 e. The second-order valence-corrected chi connectivity index (χ2v) is 6.12. The average Bonchev–Trinajstić information content (AvgIpc) is 2.96. The minimum atomic E-state index is 0.131. The fourth-order valence-corrected chi connectivity index (χ4v) is 3.19. The first kappa shape index (κ1) is 14.2. The quantitative estimate of drug-likeness (QED) is 0.692. The molecule has 0 radical (unpaired) electrons. The first-order valence-electron chi connectivity index (χ1n) is 6.22. The van der Waals surface area contributed by atoms with Crippen LogP contribution < -0.4 is 0 Å². The van der Waals surface area contributed by atoms with Crippen LogP contribution in [0.25, 0.3) is 11.5 Å². The SMILES string of the molecule is Oc1ccccc1-c1nc(CSc2ccccc2Br)no1. The standard InChI is InChI=1S/C15H11BrN2O2S/c16-11-6-2-4-8-13(11)21-9-14-17-15(20-18-14)10-5-1-3-7-12(10)19/h1-8,19H,9H2. The lowest BCUT2D eigenvalue weighted by Gasteiger charge is -2.00. The molecule has 0 spiro atoms. The van der Waals surface area contributed by atoms with Crippen LogP contribution in [0.5, 0.6) is 5.75 Å². The monoisotopic (exact) mass is 362 g/mol. The maximum atomic E-state index is 9.78. The van der Waals surface area contributed by atoms with Gasteiger partial charge in [0.05, 0.1) is 11.3 Å². The highest BCUT2D eigenvalue weighted by Gasteiger charge is 2.12. The smallest absolute Gasteiger partial charge is 0.261 e. The number of phenols is 1. The molecule has 0 saturated heterocycles. The lowest BCUT2D eigenvalue weighted by atomic mass is 10.2. The summed E-state index contributed by atoms with van der Waals surface area (Å²) in [5, 5.41) is 13.7. The lowest BCUT2D eigenvalue weighted by Crippen LogP contribution is -1.85. The summed E-state index contributed by atoms with van der Waals surface area (Å²) in [6.45, 7) is 0. The van der Waals surface area contributed by atoms with Crippen molar-refractivity contribution < 1.29 is 9.63 Å². The molecule has 0 aliphatic rings. The number of hydrogen-bond donors (Lipinski definition) is 1. The van der Waals surface area contributed by atoms with Crippen molar-refractivity contribution >= 4 is 27.7 Å². The van der Waals surface area contributed by atoms with Gasteiger partial charge in [-0.3, -0.25) is 0 Å². The van der Waals surface area contributed by atoms with Gasteiger partial charge >= 0.3 is 0 Å². The van der Waals surface area contributed by atoms with Gasteiger partial charge in [-0.2, -0.15) is 4.98 Å². The molecule has 4 nitrogen and oxygen atoms in total. The van der Waals surface area contributed by atoms with Gasteiger partial charge in [0.25, 0.3) is 5.89 Å². The summed E-state index contributed by atoms with van der Waals surface area (Å²) in [5.74, 6) is 1.65. The van der Waals surface area contributed by atoms with Crippen molar-refractivity contribution in [3.63, 3.8) is 0 Å². The molecule has 3 rings (SSSR count). The van der Waals surface area contributed by atoms with Crippen molar-refractivity contribution in [2.24, 2.45) is 0 Å². The second-order valence-electron chi connectivity index (χ2n) is 4.25. The average molecular weight is 363 g/mol. The van der Waals surface area contributed by atoms with E-state index < -0.39 is 0 Å². The van der Waals surface area contributed by atoms with Gasteiger partial charge in [0, 0.05) is 9.37 Å². The van der Waals surface area contributed by atoms with Crippen LogP contribution in [0.3, 0.4) is 0 Å². The number of para-hydroxylation sites is 1. The van der Waals surface area contributed by atoms with Crippen molar-refractivity contribution in [1.82, 2.24) is 10.1 Å². The minimum absolute atomic E-state index is 0.131. The van der Waals surface area contributed by atoms with Crippen LogP contribution >= 0.6 is 27.7 Å². The highest BCUT2D eigenvalue weighted by Crippen LogP contribution is 2.31. The van der Waals surface area contributed by atoms with E-state index in [1.54, 1.807) is 30.0 Å². The molecule has 1 heterocycles. The molecule has 0 unspecified atom stereocenters. The number of thioether (sulfide) groups is 1. The van der Waals surface area contributed by atoms with Gasteiger partial charge in [0.2, 0.25) is 0 Å². The number of benzene rings is 2. The number of hydrogen-bond acceptors (Lipinski definition) is 5. The Morgan fingerprint density at radius 2 is 1.86 bits per heavy atom. The van der Waals surface area contributed by atoms with Crippen LogP contribution in [0.2, 0.25) is 0 Å². The van der Waals surface area contributed by atoms with Crippen molar-refractivity contribution in [1.29, 1.82) is 0 Å². The molecule has 6 heteroatoms. The fraction of sp³-hybridized carbons (Fsp3) is 0.0667. The summed E-state index contributed by atoms with van der Waals surface area (Å²) in [6, 6.07) is 14.9. The Labute approximate surface area is 134 Å². The molecule has 0 amide bonds. The largest absolute Gasteiger partial charge is 0.507 e. The van der Waals surface area contributed by atoms with E-state index in [1.165, 1.54) is 0 Å². The Morgan fingerprint density at radius 1 is 1.10 bits per heavy atom. The Balaban J connectivity index is 1.74. The third kappa shape index (κ3) is 3.28. The minimum Gasteiger partial charge on any atom is -0.507 e. The predicted molar refractivity (Wildman–Crippen MR) is 85.1 cm³/mol. The maximum absolute atomic E-state index is 9.78. The number of aromatic nitrogens is 2. The summed E-state index contributed by atoms with van der Waals surface area (Å²) < 4.78 is 6.25. The molecule has 0 bridgehead atoms. The van der Waals surface area contributed by atoms with Crippen molar-refractivity contribution in [2.45, 2.75) is 10.6 Å². The number of nitrogens with zero attached hydrogens (tertiary/aromatic N) is 2. The Morgan fingerprint density at radius 3 is 2.67 bits per heavy atom. The van der Waals surface area contributed by atoms with Crippen LogP contribution in [0, 0.1) is 0 Å². The zero-order chi connectivity index (χ0) is 14.7. The van der Waals surface area contributed by atoms with Gasteiger partial charge in [0.15, 0.2) is 5.82 Å². The molecule has 0 fully saturated rings. The highest BCUT2D eigenvalue weighted by atomic mass is 79.9. The van der Waals surface area contributed by atoms with E-state index in [9.17, 15) is 5.11 Å². The van der Waals surface area contributed by atoms with E-state index in [4.69, 9.17) is 4.52 Å². The third-order valence-corrected chi connectivity index (χ3v) is 4.82. The van der Waals surface area contributed by atoms with E-state index in [0.717, 1.165) is 9.37 Å². The first-order chi connectivity index (χ1) is 10.2. The molecule has 0 saturated carbocycles. The molecular formula is C15H11BrN2O2S. The molecule has 21 heavy (non-hydrogen) atoms. The van der Waals surface area contributed by atoms with Crippen LogP contribution in [-0.2, 0) is 5.75 Å². The highest BCUT2D eigenvalue weighted by molar-refractivity contribution is 9.10. The van der Waals surface area contributed by atoms with E-state index in [-0.39, 0.29) is 5.75 Å². The second kappa shape index (κ2) is 6.32. The molecule has 0 atom stereocenters. The Bertz CT molecular complexity index is 761. The zero-order valence-electron chi connectivity index (χ0n) is 10.9. The van der Waals surface area contributed by atoms with Gasteiger partial charge < -0.3 is 9.63 Å². The number of phenolic OH excluding ortho intramolecular Hbond substituents is 1. The number of halogens is 1. The van der Waals surface area contributed by atoms with Gasteiger partial charge in [-0.1, -0.05) is 29.4 Å². The molecule has 1 N–H and O–H groups in total. The summed E-state index contributed by atoms with van der Waals surface area (Å²) in [7, 11) is 0. The van der Waals surface area contributed by atoms with E-state index in [1.807, 2.05) is 30.3 Å². The van der Waals surface area contributed by atoms with Crippen LogP contribution in [0.15, 0.2) is 62.4 Å². The lowest BCUT2D eigenvalue weighted by molar-refractivity contribution is 0.419. The molecule has 1 aromatic heterocycles. The van der Waals surface area contributed by atoms with E-state index in [2.05, 4.69) is 26.1 Å². The van der Waals surface area contributed by atoms with Gasteiger partial charge in [-0.25, -0.2) is 0 Å². The summed E-state index contributed by atoms with van der Waals surface area (Å²) >= 11 is 5.12. The normalized spacial score (nSPS) is 10.7. The Kier molecular flexibility index (Phi) is 4.26. The molecule has 106 valence electrons. The molecule has 2 aromatic carbocycles. The summed E-state index contributed by atoms with van der Waals surface area (Å²) in [6.07, 6.45) is 0. The van der Waals surface area contributed by atoms with E-state index in [0.29, 0.717) is 23.0 Å². The topological polar surface area (TPSA) is 59.2 Å². The van der Waals surface area contributed by atoms with Gasteiger partial charge in [0.1, 0.15) is 5.75 Å². The predicted octanol–water partition coefficient (Wildman–Crippen LogP) is 4.50. The molecule has 3 aromatic rings. The summed E-state index contributed by atoms with van der Waals surface area (Å²) in [4.78, 5) is 5.43. The van der Waals surface area contributed by atoms with Crippen LogP contribution in [0.1, 0.15) is 5.82 Å². The van der Waals surface area contributed by atoms with Crippen molar-refractivity contribution in [2.75, 3.05) is 0 Å². The molecule has 0 aliphatic carbocycles. The van der Waals surface area contributed by atoms with E-state index >= 15 is 0 Å². The van der Waals surface area contributed by atoms with Crippen molar-refractivity contribution in [3.8, 4) is 17.2 Å². The molecule has 0 aliphatic heterocycles. The number of aromatic hydroxyl groups is 1. The van der Waals surface area contributed by atoms with Gasteiger partial charge in [-0.05, 0) is 40.2 Å². The van der Waals surface area contributed by atoms with Crippen LogP contribution in [0.4, 0.5) is 0 Å². The number of rotatable bonds is 4. The zero-order valence-corrected chi connectivity index (χ0v) is 13.3. The van der Waals surface area contributed by atoms with Gasteiger partial charge in [-0.15, -0.1) is 11.8 Å². The Hall–Kier alpha value is -1.79. The van der Waals surface area contributed by atoms with Crippen molar-refractivity contribution in [3.05, 3.63) is 58.8 Å². The molecular weight excluding hydrogens is 352 g/mol. The summed E-state index contributed by atoms with van der Waals surface area (Å²) in [5.41, 5.74) is 0.544. The fourth-order valence-electron chi connectivity index (χ4n) is 1.78. The first-order valence-corrected chi connectivity index (χ1v) is 8.00.